The average Bonchev–Trinajstić information content (AvgIpc) is 2.52. The second-order valence-corrected chi connectivity index (χ2v) is 6.18. The van der Waals surface area contributed by atoms with Crippen LogP contribution in [0.1, 0.15) is 11.1 Å². The van der Waals surface area contributed by atoms with E-state index in [-0.39, 0.29) is 11.8 Å². The first-order valence-corrected chi connectivity index (χ1v) is 7.81. The van der Waals surface area contributed by atoms with E-state index in [1.807, 2.05) is 36.4 Å². The Morgan fingerprint density at radius 1 is 1.18 bits per heavy atom. The molecule has 0 unspecified atom stereocenters. The molecule has 1 atom stereocenters. The minimum absolute atomic E-state index is 0.0226. The van der Waals surface area contributed by atoms with Crippen molar-refractivity contribution in [2.75, 3.05) is 6.61 Å². The monoisotopic (exact) mass is 335 g/mol. The standard InChI is InChI=1S/C17H15Cl2NO2/c18-14-3-1-2-11(6-14)9-20-17(21)13-7-12-8-15(19)4-5-16(12)22-10-13/h1-6,8,13H,7,9-10H2,(H,20,21)/t13-/m0/s1. The number of fused-ring (bicyclic) bond motifs is 1. The van der Waals surface area contributed by atoms with E-state index in [1.165, 1.54) is 0 Å². The lowest BCUT2D eigenvalue weighted by Gasteiger charge is -2.24. The molecule has 3 rings (SSSR count). The lowest BCUT2D eigenvalue weighted by atomic mass is 9.96. The van der Waals surface area contributed by atoms with Crippen molar-refractivity contribution < 1.29 is 9.53 Å². The van der Waals surface area contributed by atoms with Gasteiger partial charge < -0.3 is 10.1 Å². The summed E-state index contributed by atoms with van der Waals surface area (Å²) in [5, 5.41) is 4.25. The molecule has 1 amide bonds. The van der Waals surface area contributed by atoms with E-state index in [1.54, 1.807) is 6.07 Å². The third kappa shape index (κ3) is 3.54. The van der Waals surface area contributed by atoms with Crippen molar-refractivity contribution in [3.05, 3.63) is 63.6 Å². The molecular formula is C17H15Cl2NO2. The molecule has 0 spiro atoms. The van der Waals surface area contributed by atoms with Crippen LogP contribution in [0.15, 0.2) is 42.5 Å². The van der Waals surface area contributed by atoms with Crippen LogP contribution in [0.4, 0.5) is 0 Å². The summed E-state index contributed by atoms with van der Waals surface area (Å²) < 4.78 is 5.64. The summed E-state index contributed by atoms with van der Waals surface area (Å²) in [6.07, 6.45) is 0.636. The van der Waals surface area contributed by atoms with Gasteiger partial charge in [-0.1, -0.05) is 35.3 Å². The van der Waals surface area contributed by atoms with Crippen LogP contribution < -0.4 is 10.1 Å². The zero-order valence-electron chi connectivity index (χ0n) is 11.8. The minimum Gasteiger partial charge on any atom is -0.492 e. The minimum atomic E-state index is -0.204. The first kappa shape index (κ1) is 15.2. The van der Waals surface area contributed by atoms with Crippen molar-refractivity contribution >= 4 is 29.1 Å². The van der Waals surface area contributed by atoms with Crippen molar-refractivity contribution in [3.8, 4) is 5.75 Å². The van der Waals surface area contributed by atoms with Crippen LogP contribution in [0, 0.1) is 5.92 Å². The van der Waals surface area contributed by atoms with Gasteiger partial charge in [0.15, 0.2) is 0 Å². The molecule has 0 saturated carbocycles. The molecule has 0 bridgehead atoms. The van der Waals surface area contributed by atoms with Gasteiger partial charge in [-0.15, -0.1) is 0 Å². The number of benzene rings is 2. The van der Waals surface area contributed by atoms with E-state index in [0.717, 1.165) is 16.9 Å². The molecule has 0 radical (unpaired) electrons. The van der Waals surface area contributed by atoms with E-state index in [4.69, 9.17) is 27.9 Å². The number of carbonyl (C=O) groups excluding carboxylic acids is 1. The quantitative estimate of drug-likeness (QED) is 0.924. The summed E-state index contributed by atoms with van der Waals surface area (Å²) in [6, 6.07) is 12.9. The Morgan fingerprint density at radius 2 is 2.00 bits per heavy atom. The Kier molecular flexibility index (Phi) is 4.55. The van der Waals surface area contributed by atoms with Gasteiger partial charge in [0.1, 0.15) is 12.4 Å². The number of carbonyl (C=O) groups is 1. The fraction of sp³-hybridized carbons (Fsp3) is 0.235. The normalized spacial score (nSPS) is 16.5. The third-order valence-corrected chi connectivity index (χ3v) is 4.13. The van der Waals surface area contributed by atoms with Crippen LogP contribution in [-0.2, 0) is 17.8 Å². The molecule has 0 saturated heterocycles. The summed E-state index contributed by atoms with van der Waals surface area (Å²) in [4.78, 5) is 12.3. The lowest BCUT2D eigenvalue weighted by molar-refractivity contribution is -0.126. The second kappa shape index (κ2) is 6.59. The molecule has 1 aliphatic heterocycles. The van der Waals surface area contributed by atoms with Gasteiger partial charge in [0.25, 0.3) is 0 Å². The number of nitrogens with one attached hydrogen (secondary N) is 1. The second-order valence-electron chi connectivity index (χ2n) is 5.31. The molecule has 0 aliphatic carbocycles. The van der Waals surface area contributed by atoms with Gasteiger partial charge in [-0.3, -0.25) is 4.79 Å². The summed E-state index contributed by atoms with van der Waals surface area (Å²) in [7, 11) is 0. The molecule has 2 aromatic carbocycles. The smallest absolute Gasteiger partial charge is 0.227 e. The molecule has 1 aliphatic rings. The van der Waals surface area contributed by atoms with E-state index >= 15 is 0 Å². The Hall–Kier alpha value is -1.71. The maximum Gasteiger partial charge on any atom is 0.227 e. The van der Waals surface area contributed by atoms with Crippen molar-refractivity contribution in [3.63, 3.8) is 0 Å². The zero-order valence-corrected chi connectivity index (χ0v) is 13.3. The molecule has 2 aromatic rings. The van der Waals surface area contributed by atoms with Gasteiger partial charge >= 0.3 is 0 Å². The van der Waals surface area contributed by atoms with E-state index < -0.39 is 0 Å². The fourth-order valence-corrected chi connectivity index (χ4v) is 2.92. The van der Waals surface area contributed by atoms with Gasteiger partial charge in [-0.25, -0.2) is 0 Å². The van der Waals surface area contributed by atoms with Crippen LogP contribution in [0.25, 0.3) is 0 Å². The van der Waals surface area contributed by atoms with E-state index in [9.17, 15) is 4.79 Å². The van der Waals surface area contributed by atoms with Gasteiger partial charge in [0, 0.05) is 16.6 Å². The van der Waals surface area contributed by atoms with Crippen molar-refractivity contribution in [1.82, 2.24) is 5.32 Å². The summed E-state index contributed by atoms with van der Waals surface area (Å²) >= 11 is 11.9. The van der Waals surface area contributed by atoms with Crippen molar-refractivity contribution in [1.29, 1.82) is 0 Å². The highest BCUT2D eigenvalue weighted by Crippen LogP contribution is 2.29. The van der Waals surface area contributed by atoms with Crippen LogP contribution in [0.5, 0.6) is 5.75 Å². The topological polar surface area (TPSA) is 38.3 Å². The Bertz CT molecular complexity index is 703. The first-order chi connectivity index (χ1) is 10.6. The molecule has 22 heavy (non-hydrogen) atoms. The van der Waals surface area contributed by atoms with Gasteiger partial charge in [0.05, 0.1) is 5.92 Å². The maximum atomic E-state index is 12.3. The van der Waals surface area contributed by atoms with Crippen LogP contribution in [-0.4, -0.2) is 12.5 Å². The summed E-state index contributed by atoms with van der Waals surface area (Å²) in [5.74, 6) is 0.582. The summed E-state index contributed by atoms with van der Waals surface area (Å²) in [5.41, 5.74) is 1.95. The predicted octanol–water partition coefficient (Wildman–Crippen LogP) is 3.86. The Balaban J connectivity index is 1.62. The van der Waals surface area contributed by atoms with Crippen molar-refractivity contribution in [2.24, 2.45) is 5.92 Å². The third-order valence-electron chi connectivity index (χ3n) is 3.66. The predicted molar refractivity (Wildman–Crippen MR) is 87.4 cm³/mol. The van der Waals surface area contributed by atoms with Crippen LogP contribution in [0.2, 0.25) is 10.0 Å². The summed E-state index contributed by atoms with van der Waals surface area (Å²) in [6.45, 7) is 0.842. The number of amides is 1. The number of hydrogen-bond donors (Lipinski definition) is 1. The highest BCUT2D eigenvalue weighted by atomic mass is 35.5. The molecule has 1 N–H and O–H groups in total. The van der Waals surface area contributed by atoms with Crippen LogP contribution >= 0.6 is 23.2 Å². The molecule has 0 fully saturated rings. The molecule has 1 heterocycles. The van der Waals surface area contributed by atoms with E-state index in [0.29, 0.717) is 29.6 Å². The largest absolute Gasteiger partial charge is 0.492 e. The lowest BCUT2D eigenvalue weighted by Crippen LogP contribution is -2.37. The molecule has 3 nitrogen and oxygen atoms in total. The maximum absolute atomic E-state index is 12.3. The first-order valence-electron chi connectivity index (χ1n) is 7.05. The molecule has 5 heteroatoms. The average molecular weight is 336 g/mol. The fourth-order valence-electron chi connectivity index (χ4n) is 2.51. The van der Waals surface area contributed by atoms with Crippen LogP contribution in [0.3, 0.4) is 0 Å². The Labute approximate surface area is 139 Å². The number of hydrogen-bond acceptors (Lipinski definition) is 2. The number of ether oxygens (including phenoxy) is 1. The molecular weight excluding hydrogens is 321 g/mol. The molecule has 0 aromatic heterocycles. The van der Waals surface area contributed by atoms with Crippen molar-refractivity contribution in [2.45, 2.75) is 13.0 Å². The zero-order chi connectivity index (χ0) is 15.5. The van der Waals surface area contributed by atoms with Gasteiger partial charge in [0.2, 0.25) is 5.91 Å². The van der Waals surface area contributed by atoms with E-state index in [2.05, 4.69) is 5.32 Å². The number of rotatable bonds is 3. The number of halogens is 2. The SMILES string of the molecule is O=C(NCc1cccc(Cl)c1)[C@@H]1COc2ccc(Cl)cc2C1. The Morgan fingerprint density at radius 3 is 2.82 bits per heavy atom. The highest BCUT2D eigenvalue weighted by molar-refractivity contribution is 6.30. The van der Waals surface area contributed by atoms with Gasteiger partial charge in [-0.05, 0) is 47.9 Å². The molecule has 114 valence electrons. The highest BCUT2D eigenvalue weighted by Gasteiger charge is 2.25. The van der Waals surface area contributed by atoms with Gasteiger partial charge in [-0.2, -0.15) is 0 Å².